The van der Waals surface area contributed by atoms with Gasteiger partial charge in [-0.3, -0.25) is 19.9 Å². The van der Waals surface area contributed by atoms with Crippen LogP contribution < -0.4 is 9.47 Å². The smallest absolute Gasteiger partial charge is 0.282 e. The van der Waals surface area contributed by atoms with Gasteiger partial charge in [0.05, 0.1) is 12.0 Å². The number of carbonyl (C=O) groups excluding carboxylic acids is 1. The zero-order chi connectivity index (χ0) is 26.0. The number of hydrogen-bond donors (Lipinski definition) is 0. The Bertz CT molecular complexity index is 1350. The van der Waals surface area contributed by atoms with Gasteiger partial charge in [-0.1, -0.05) is 54.6 Å². The fourth-order valence-corrected chi connectivity index (χ4v) is 3.92. The van der Waals surface area contributed by atoms with Crippen molar-refractivity contribution in [3.63, 3.8) is 0 Å². The molecule has 0 unspecified atom stereocenters. The molecule has 0 spiro atoms. The molecular formula is C29H27N3O5. The number of rotatable bonds is 11. The molecule has 0 saturated carbocycles. The lowest BCUT2D eigenvalue weighted by Gasteiger charge is -2.23. The van der Waals surface area contributed by atoms with E-state index in [1.807, 2.05) is 66.7 Å². The van der Waals surface area contributed by atoms with Gasteiger partial charge in [0.1, 0.15) is 12.2 Å². The van der Waals surface area contributed by atoms with Gasteiger partial charge in [0.2, 0.25) is 0 Å². The van der Waals surface area contributed by atoms with Crippen LogP contribution in [0.1, 0.15) is 27.2 Å². The van der Waals surface area contributed by atoms with Crippen molar-refractivity contribution in [2.24, 2.45) is 0 Å². The van der Waals surface area contributed by atoms with Crippen molar-refractivity contribution < 1.29 is 19.2 Å². The predicted octanol–water partition coefficient (Wildman–Crippen LogP) is 5.46. The van der Waals surface area contributed by atoms with Gasteiger partial charge in [-0.25, -0.2) is 0 Å². The van der Waals surface area contributed by atoms with E-state index in [1.54, 1.807) is 30.3 Å². The molecule has 37 heavy (non-hydrogen) atoms. The van der Waals surface area contributed by atoms with Gasteiger partial charge in [0.15, 0.2) is 11.5 Å². The summed E-state index contributed by atoms with van der Waals surface area (Å²) in [4.78, 5) is 30.5. The van der Waals surface area contributed by atoms with Crippen LogP contribution >= 0.6 is 0 Å². The summed E-state index contributed by atoms with van der Waals surface area (Å²) in [6, 6.07) is 26.9. The summed E-state index contributed by atoms with van der Waals surface area (Å²) in [7, 11) is 1.56. The van der Waals surface area contributed by atoms with Crippen LogP contribution in [0.5, 0.6) is 11.5 Å². The number of nitro groups is 1. The highest BCUT2D eigenvalue weighted by Crippen LogP contribution is 2.30. The number of methoxy groups -OCH3 is 1. The predicted molar refractivity (Wildman–Crippen MR) is 140 cm³/mol. The minimum atomic E-state index is -0.536. The maximum absolute atomic E-state index is 13.5. The third-order valence-electron chi connectivity index (χ3n) is 5.82. The number of nitro benzene ring substituents is 1. The van der Waals surface area contributed by atoms with Crippen molar-refractivity contribution in [2.45, 2.75) is 19.6 Å². The zero-order valence-electron chi connectivity index (χ0n) is 20.4. The fraction of sp³-hybridized carbons (Fsp3) is 0.172. The van der Waals surface area contributed by atoms with E-state index < -0.39 is 10.8 Å². The second-order valence-corrected chi connectivity index (χ2v) is 8.33. The molecule has 188 valence electrons. The fourth-order valence-electron chi connectivity index (χ4n) is 3.92. The van der Waals surface area contributed by atoms with Crippen LogP contribution in [-0.2, 0) is 19.6 Å². The molecule has 1 amide bonds. The lowest BCUT2D eigenvalue weighted by atomic mass is 10.1. The van der Waals surface area contributed by atoms with E-state index in [-0.39, 0.29) is 17.8 Å². The molecule has 1 aromatic heterocycles. The molecule has 0 N–H and O–H groups in total. The number of amides is 1. The first-order valence-electron chi connectivity index (χ1n) is 11.8. The quantitative estimate of drug-likeness (QED) is 0.202. The molecule has 0 radical (unpaired) electrons. The van der Waals surface area contributed by atoms with E-state index in [0.29, 0.717) is 31.1 Å². The third kappa shape index (κ3) is 6.70. The lowest BCUT2D eigenvalue weighted by Crippen LogP contribution is -2.33. The molecule has 0 aliphatic rings. The molecule has 0 aliphatic heterocycles. The van der Waals surface area contributed by atoms with Crippen LogP contribution in [0.25, 0.3) is 0 Å². The summed E-state index contributed by atoms with van der Waals surface area (Å²) < 4.78 is 11.5. The van der Waals surface area contributed by atoms with Crippen LogP contribution in [0.3, 0.4) is 0 Å². The van der Waals surface area contributed by atoms with Crippen LogP contribution in [-0.4, -0.2) is 34.4 Å². The van der Waals surface area contributed by atoms with E-state index in [9.17, 15) is 14.9 Å². The summed E-state index contributed by atoms with van der Waals surface area (Å²) in [5.41, 5.74) is 2.48. The first kappa shape index (κ1) is 25.4. The Labute approximate surface area is 215 Å². The second kappa shape index (κ2) is 12.3. The highest BCUT2D eigenvalue weighted by Gasteiger charge is 2.25. The highest BCUT2D eigenvalue weighted by molar-refractivity contribution is 5.98. The van der Waals surface area contributed by atoms with Gasteiger partial charge in [-0.15, -0.1) is 0 Å². The molecule has 8 nitrogen and oxygen atoms in total. The van der Waals surface area contributed by atoms with E-state index in [0.717, 1.165) is 16.8 Å². The third-order valence-corrected chi connectivity index (χ3v) is 5.82. The van der Waals surface area contributed by atoms with Crippen molar-refractivity contribution in [1.82, 2.24) is 9.88 Å². The molecule has 1 heterocycles. The monoisotopic (exact) mass is 497 g/mol. The number of benzene rings is 3. The second-order valence-electron chi connectivity index (χ2n) is 8.33. The largest absolute Gasteiger partial charge is 0.493 e. The topological polar surface area (TPSA) is 94.8 Å². The van der Waals surface area contributed by atoms with Gasteiger partial charge < -0.3 is 14.4 Å². The average Bonchev–Trinajstić information content (AvgIpc) is 2.95. The number of para-hydroxylation sites is 1. The normalized spacial score (nSPS) is 10.5. The summed E-state index contributed by atoms with van der Waals surface area (Å²) >= 11 is 0. The SMILES string of the molecule is COc1cc(CN(CCc2ccccn2)C(=O)c2ccccc2[N+](=O)[O-])ccc1OCc1ccccc1. The molecule has 0 fully saturated rings. The van der Waals surface area contributed by atoms with E-state index >= 15 is 0 Å². The number of pyridine rings is 1. The Morgan fingerprint density at radius 3 is 2.41 bits per heavy atom. The Morgan fingerprint density at radius 1 is 0.919 bits per heavy atom. The van der Waals surface area contributed by atoms with Crippen LogP contribution in [0.4, 0.5) is 5.69 Å². The number of carbonyl (C=O) groups is 1. The molecule has 4 rings (SSSR count). The van der Waals surface area contributed by atoms with Gasteiger partial charge in [-0.05, 0) is 41.5 Å². The molecule has 3 aromatic carbocycles. The van der Waals surface area contributed by atoms with Crippen LogP contribution in [0, 0.1) is 10.1 Å². The van der Waals surface area contributed by atoms with Gasteiger partial charge >= 0.3 is 0 Å². The van der Waals surface area contributed by atoms with Crippen molar-refractivity contribution in [2.75, 3.05) is 13.7 Å². The highest BCUT2D eigenvalue weighted by atomic mass is 16.6. The van der Waals surface area contributed by atoms with Gasteiger partial charge in [0, 0.05) is 37.5 Å². The number of nitrogens with zero attached hydrogens (tertiary/aromatic N) is 3. The standard InChI is InChI=1S/C29H27N3O5/c1-36-28-19-23(14-15-27(28)37-21-22-9-3-2-4-10-22)20-31(18-16-24-11-7-8-17-30-24)29(33)25-12-5-6-13-26(25)32(34)35/h2-15,17,19H,16,18,20-21H2,1H3. The Morgan fingerprint density at radius 2 is 1.68 bits per heavy atom. The molecule has 0 atom stereocenters. The van der Waals surface area contributed by atoms with Gasteiger partial charge in [0.25, 0.3) is 11.6 Å². The minimum Gasteiger partial charge on any atom is -0.493 e. The number of aromatic nitrogens is 1. The van der Waals surface area contributed by atoms with E-state index in [4.69, 9.17) is 9.47 Å². The van der Waals surface area contributed by atoms with Gasteiger partial charge in [-0.2, -0.15) is 0 Å². The Kier molecular flexibility index (Phi) is 8.44. The lowest BCUT2D eigenvalue weighted by molar-refractivity contribution is -0.385. The first-order chi connectivity index (χ1) is 18.0. The molecule has 4 aromatic rings. The average molecular weight is 498 g/mol. The number of ether oxygens (including phenoxy) is 2. The Hall–Kier alpha value is -4.72. The van der Waals surface area contributed by atoms with Crippen molar-refractivity contribution >= 4 is 11.6 Å². The maximum Gasteiger partial charge on any atom is 0.282 e. The van der Waals surface area contributed by atoms with Crippen LogP contribution in [0.2, 0.25) is 0 Å². The van der Waals surface area contributed by atoms with Crippen molar-refractivity contribution in [3.05, 3.63) is 130 Å². The maximum atomic E-state index is 13.5. The van der Waals surface area contributed by atoms with Crippen molar-refractivity contribution in [3.8, 4) is 11.5 Å². The molecular weight excluding hydrogens is 470 g/mol. The van der Waals surface area contributed by atoms with E-state index in [2.05, 4.69) is 4.98 Å². The van der Waals surface area contributed by atoms with Crippen molar-refractivity contribution in [1.29, 1.82) is 0 Å². The first-order valence-corrected chi connectivity index (χ1v) is 11.8. The summed E-state index contributed by atoms with van der Waals surface area (Å²) in [6.45, 7) is 0.951. The summed E-state index contributed by atoms with van der Waals surface area (Å²) in [5.74, 6) is 0.697. The molecule has 8 heteroatoms. The number of hydrogen-bond acceptors (Lipinski definition) is 6. The van der Waals surface area contributed by atoms with E-state index in [1.165, 1.54) is 12.1 Å². The molecule has 0 saturated heterocycles. The Balaban J connectivity index is 1.56. The van der Waals surface area contributed by atoms with Crippen LogP contribution in [0.15, 0.2) is 97.2 Å². The minimum absolute atomic E-state index is 0.0447. The molecule has 0 bridgehead atoms. The molecule has 0 aliphatic carbocycles. The summed E-state index contributed by atoms with van der Waals surface area (Å²) in [5, 5.41) is 11.6. The summed E-state index contributed by atoms with van der Waals surface area (Å²) in [6.07, 6.45) is 2.20. The zero-order valence-corrected chi connectivity index (χ0v) is 20.4.